The normalized spacial score (nSPS) is 21.7. The van der Waals surface area contributed by atoms with Gasteiger partial charge in [0.2, 0.25) is 0 Å². The number of alkyl carbamates (subject to hydrolysis) is 1. The fraction of sp³-hybridized carbons (Fsp3) is 0.632. The average Bonchev–Trinajstić information content (AvgIpc) is 2.65. The van der Waals surface area contributed by atoms with Gasteiger partial charge in [0, 0.05) is 6.54 Å². The van der Waals surface area contributed by atoms with Gasteiger partial charge >= 0.3 is 12.3 Å². The molecule has 0 aliphatic carbocycles. The van der Waals surface area contributed by atoms with Crippen molar-refractivity contribution in [1.29, 1.82) is 0 Å². The zero-order chi connectivity index (χ0) is 21.2. The third-order valence-electron chi connectivity index (χ3n) is 4.19. The first-order valence-corrected chi connectivity index (χ1v) is 9.16. The van der Waals surface area contributed by atoms with E-state index in [1.807, 2.05) is 19.9 Å². The molecule has 28 heavy (non-hydrogen) atoms. The summed E-state index contributed by atoms with van der Waals surface area (Å²) in [6.45, 7) is 6.48. The number of carbonyl (C=O) groups is 1. The number of alkyl halides is 3. The number of hydrogen-bond donors (Lipinski definition) is 2. The molecule has 0 aromatic rings. The summed E-state index contributed by atoms with van der Waals surface area (Å²) < 4.78 is 60.5. The van der Waals surface area contributed by atoms with Crippen LogP contribution in [0, 0.1) is 0 Å². The Labute approximate surface area is 162 Å². The van der Waals surface area contributed by atoms with Gasteiger partial charge in [-0.15, -0.1) is 0 Å². The van der Waals surface area contributed by atoms with Gasteiger partial charge in [0.15, 0.2) is 0 Å². The van der Waals surface area contributed by atoms with Crippen molar-refractivity contribution >= 4 is 6.09 Å². The Hall–Kier alpha value is -1.87. The zero-order valence-electron chi connectivity index (χ0n) is 16.2. The standard InChI is InChI=1S/C19H28F4N2O3/c1-4-6-13(3)16(17(20)5-2)8-7-15-9-24-14(10-27-15)11-28-18(26)25-12-19(21,22)23/h5-6,14-15,24H,2,4,7-12H2,1,3H3,(H,25,26)/b13-6-,17-16+/t14-,15+/m0/s1. The molecule has 0 unspecified atom stereocenters. The summed E-state index contributed by atoms with van der Waals surface area (Å²) in [5.41, 5.74) is 1.48. The van der Waals surface area contributed by atoms with Crippen LogP contribution < -0.4 is 10.6 Å². The number of amides is 1. The van der Waals surface area contributed by atoms with E-state index in [-0.39, 0.29) is 31.2 Å². The molecule has 2 atom stereocenters. The highest BCUT2D eigenvalue weighted by atomic mass is 19.4. The summed E-state index contributed by atoms with van der Waals surface area (Å²) in [7, 11) is 0. The molecule has 0 aromatic heterocycles. The number of allylic oxidation sites excluding steroid dienone is 5. The molecule has 1 rings (SSSR count). The summed E-state index contributed by atoms with van der Waals surface area (Å²) in [6.07, 6.45) is -0.715. The molecule has 1 aliphatic rings. The Kier molecular flexibility index (Phi) is 10.2. The molecule has 1 aliphatic heterocycles. The summed E-state index contributed by atoms with van der Waals surface area (Å²) in [4.78, 5) is 11.2. The predicted octanol–water partition coefficient (Wildman–Crippen LogP) is 4.18. The molecule has 0 bridgehead atoms. The Morgan fingerprint density at radius 2 is 2.14 bits per heavy atom. The Bertz CT molecular complexity index is 580. The Balaban J connectivity index is 2.37. The van der Waals surface area contributed by atoms with Gasteiger partial charge < -0.3 is 20.1 Å². The van der Waals surface area contributed by atoms with Gasteiger partial charge in [-0.1, -0.05) is 19.6 Å². The first-order valence-electron chi connectivity index (χ1n) is 9.16. The van der Waals surface area contributed by atoms with Crippen LogP contribution in [-0.2, 0) is 9.47 Å². The maximum atomic E-state index is 14.0. The first kappa shape index (κ1) is 24.2. The number of ether oxygens (including phenoxy) is 2. The first-order chi connectivity index (χ1) is 13.2. The highest BCUT2D eigenvalue weighted by Gasteiger charge is 2.28. The van der Waals surface area contributed by atoms with Crippen LogP contribution >= 0.6 is 0 Å². The lowest BCUT2D eigenvalue weighted by Crippen LogP contribution is -2.49. The summed E-state index contributed by atoms with van der Waals surface area (Å²) >= 11 is 0. The molecule has 160 valence electrons. The molecule has 1 amide bonds. The second kappa shape index (κ2) is 11.9. The van der Waals surface area contributed by atoms with Crippen LogP contribution in [0.2, 0.25) is 0 Å². The highest BCUT2D eigenvalue weighted by Crippen LogP contribution is 2.24. The zero-order valence-corrected chi connectivity index (χ0v) is 16.2. The molecular weight excluding hydrogens is 380 g/mol. The van der Waals surface area contributed by atoms with E-state index in [1.54, 1.807) is 5.32 Å². The average molecular weight is 408 g/mol. The lowest BCUT2D eigenvalue weighted by atomic mass is 9.98. The van der Waals surface area contributed by atoms with Gasteiger partial charge in [-0.2, -0.15) is 13.2 Å². The maximum Gasteiger partial charge on any atom is 0.407 e. The molecule has 1 saturated heterocycles. The minimum absolute atomic E-state index is 0.106. The van der Waals surface area contributed by atoms with Crippen LogP contribution in [0.25, 0.3) is 0 Å². The highest BCUT2D eigenvalue weighted by molar-refractivity contribution is 5.67. The van der Waals surface area contributed by atoms with E-state index in [9.17, 15) is 22.4 Å². The molecule has 1 fully saturated rings. The van der Waals surface area contributed by atoms with Crippen LogP contribution in [0.1, 0.15) is 33.1 Å². The Morgan fingerprint density at radius 1 is 1.43 bits per heavy atom. The molecule has 0 aromatic carbocycles. The second-order valence-electron chi connectivity index (χ2n) is 6.49. The summed E-state index contributed by atoms with van der Waals surface area (Å²) in [6, 6.07) is -0.311. The second-order valence-corrected chi connectivity index (χ2v) is 6.49. The maximum absolute atomic E-state index is 14.0. The van der Waals surface area contributed by atoms with Crippen LogP contribution in [0.5, 0.6) is 0 Å². The monoisotopic (exact) mass is 408 g/mol. The quantitative estimate of drug-likeness (QED) is 0.444. The van der Waals surface area contributed by atoms with E-state index in [2.05, 4.69) is 11.9 Å². The van der Waals surface area contributed by atoms with Gasteiger partial charge in [0.05, 0.1) is 18.8 Å². The molecule has 1 heterocycles. The minimum Gasteiger partial charge on any atom is -0.448 e. The number of nitrogens with one attached hydrogen (secondary N) is 2. The lowest BCUT2D eigenvalue weighted by molar-refractivity contribution is -0.123. The molecule has 9 heteroatoms. The third kappa shape index (κ3) is 9.36. The van der Waals surface area contributed by atoms with Crippen molar-refractivity contribution in [2.24, 2.45) is 0 Å². The summed E-state index contributed by atoms with van der Waals surface area (Å²) in [5.74, 6) is -0.345. The van der Waals surface area contributed by atoms with Crippen molar-refractivity contribution in [3.63, 3.8) is 0 Å². The van der Waals surface area contributed by atoms with Crippen LogP contribution in [0.15, 0.2) is 35.7 Å². The van der Waals surface area contributed by atoms with Crippen molar-refractivity contribution in [3.05, 3.63) is 35.7 Å². The van der Waals surface area contributed by atoms with Crippen molar-refractivity contribution in [1.82, 2.24) is 10.6 Å². The molecule has 5 nitrogen and oxygen atoms in total. The van der Waals surface area contributed by atoms with E-state index >= 15 is 0 Å². The van der Waals surface area contributed by atoms with E-state index < -0.39 is 18.8 Å². The van der Waals surface area contributed by atoms with Crippen molar-refractivity contribution in [2.75, 3.05) is 26.3 Å². The molecular formula is C19H28F4N2O3. The predicted molar refractivity (Wildman–Crippen MR) is 98.5 cm³/mol. The molecule has 0 spiro atoms. The topological polar surface area (TPSA) is 59.6 Å². The van der Waals surface area contributed by atoms with Crippen molar-refractivity contribution < 1.29 is 31.8 Å². The minimum atomic E-state index is -4.48. The molecule has 0 radical (unpaired) electrons. The Morgan fingerprint density at radius 3 is 2.68 bits per heavy atom. The third-order valence-corrected chi connectivity index (χ3v) is 4.19. The smallest absolute Gasteiger partial charge is 0.407 e. The van der Waals surface area contributed by atoms with Crippen molar-refractivity contribution in [3.8, 4) is 0 Å². The molecule has 0 saturated carbocycles. The van der Waals surface area contributed by atoms with E-state index in [0.29, 0.717) is 25.0 Å². The SMILES string of the molecule is C=C/C(F)=C(CC[C@@H]1CN[C@H](COC(=O)NCC(F)(F)F)CO1)\C(C)=C/CC. The van der Waals surface area contributed by atoms with E-state index in [1.165, 1.54) is 6.08 Å². The van der Waals surface area contributed by atoms with Crippen LogP contribution in [0.4, 0.5) is 22.4 Å². The van der Waals surface area contributed by atoms with Gasteiger partial charge in [-0.3, -0.25) is 0 Å². The lowest BCUT2D eigenvalue weighted by Gasteiger charge is -2.30. The largest absolute Gasteiger partial charge is 0.448 e. The van der Waals surface area contributed by atoms with Gasteiger partial charge in [0.1, 0.15) is 19.0 Å². The van der Waals surface area contributed by atoms with Gasteiger partial charge in [-0.25, -0.2) is 9.18 Å². The fourth-order valence-corrected chi connectivity index (χ4v) is 2.72. The summed E-state index contributed by atoms with van der Waals surface area (Å²) in [5, 5.41) is 4.75. The number of hydrogen-bond acceptors (Lipinski definition) is 4. The molecule has 2 N–H and O–H groups in total. The number of halogens is 4. The number of morpholine rings is 1. The van der Waals surface area contributed by atoms with Crippen molar-refractivity contribution in [2.45, 2.75) is 51.4 Å². The fourth-order valence-electron chi connectivity index (χ4n) is 2.72. The number of rotatable bonds is 9. The van der Waals surface area contributed by atoms with E-state index in [0.717, 1.165) is 12.0 Å². The van der Waals surface area contributed by atoms with Crippen LogP contribution in [-0.4, -0.2) is 50.7 Å². The number of carbonyl (C=O) groups excluding carboxylic acids is 1. The van der Waals surface area contributed by atoms with E-state index in [4.69, 9.17) is 9.47 Å². The van der Waals surface area contributed by atoms with Gasteiger partial charge in [-0.05, 0) is 43.4 Å². The van der Waals surface area contributed by atoms with Crippen LogP contribution in [0.3, 0.4) is 0 Å². The van der Waals surface area contributed by atoms with Gasteiger partial charge in [0.25, 0.3) is 0 Å².